The number of aliphatic carboxylic acids is 1. The van der Waals surface area contributed by atoms with Crippen LogP contribution in [-0.4, -0.2) is 25.9 Å². The summed E-state index contributed by atoms with van der Waals surface area (Å²) in [5.74, 6) is -0.454. The predicted molar refractivity (Wildman–Crippen MR) is 161 cm³/mol. The number of aromatic nitrogens is 1. The molecule has 7 heteroatoms. The fourth-order valence-electron chi connectivity index (χ4n) is 4.76. The number of aryl methyl sites for hydroxylation is 1. The second kappa shape index (κ2) is 12.0. The third-order valence-electron chi connectivity index (χ3n) is 6.90. The molecule has 2 aromatic carbocycles. The Morgan fingerprint density at radius 3 is 2.55 bits per heavy atom. The Hall–Kier alpha value is -2.12. The maximum atomic E-state index is 11.6. The summed E-state index contributed by atoms with van der Waals surface area (Å²) in [5.41, 5.74) is 4.35. The molecule has 38 heavy (non-hydrogen) atoms. The minimum atomic E-state index is -0.918. The average Bonchev–Trinajstić information content (AvgIpc) is 3.49. The number of benzene rings is 2. The first kappa shape index (κ1) is 28.9. The van der Waals surface area contributed by atoms with Crippen LogP contribution in [0.1, 0.15) is 97.5 Å². The Bertz CT molecular complexity index is 1300. The van der Waals surface area contributed by atoms with Crippen LogP contribution in [0.5, 0.6) is 0 Å². The molecule has 0 saturated heterocycles. The number of rotatable bonds is 12. The van der Waals surface area contributed by atoms with Crippen molar-refractivity contribution in [3.63, 3.8) is 0 Å². The van der Waals surface area contributed by atoms with Gasteiger partial charge in [0.2, 0.25) is 0 Å². The van der Waals surface area contributed by atoms with Crippen LogP contribution in [0.2, 0.25) is 4.34 Å². The summed E-state index contributed by atoms with van der Waals surface area (Å²) in [7, 11) is 0. The summed E-state index contributed by atoms with van der Waals surface area (Å²) in [5, 5.41) is 21.2. The highest BCUT2D eigenvalue weighted by molar-refractivity contribution is 8.01. The number of halogens is 1. The van der Waals surface area contributed by atoms with Crippen LogP contribution in [-0.2, 0) is 16.8 Å². The van der Waals surface area contributed by atoms with Gasteiger partial charge in [-0.1, -0.05) is 80.1 Å². The minimum absolute atomic E-state index is 0.141. The van der Waals surface area contributed by atoms with Crippen molar-refractivity contribution in [2.75, 3.05) is 0 Å². The first-order chi connectivity index (χ1) is 18.0. The first-order valence-corrected chi connectivity index (χ1v) is 15.2. The van der Waals surface area contributed by atoms with Gasteiger partial charge in [-0.05, 0) is 73.8 Å². The van der Waals surface area contributed by atoms with Crippen molar-refractivity contribution in [1.82, 2.24) is 4.98 Å². The third-order valence-corrected chi connectivity index (χ3v) is 9.99. The molecule has 1 unspecified atom stereocenters. The van der Waals surface area contributed by atoms with Gasteiger partial charge >= 0.3 is 5.97 Å². The molecule has 2 N–H and O–H groups in total. The number of carboxylic acids is 1. The SMILES string of the molecule is CC(C)c1nc(/C=C/c2cccc(C(CCc3ccccc3C(C)(C)O)SC3(CC(=O)O)CC3)c2)sc1Cl. The van der Waals surface area contributed by atoms with E-state index in [1.54, 1.807) is 0 Å². The van der Waals surface area contributed by atoms with Crippen LogP contribution in [0.3, 0.4) is 0 Å². The van der Waals surface area contributed by atoms with E-state index in [-0.39, 0.29) is 22.3 Å². The monoisotopic (exact) mass is 569 g/mol. The molecule has 1 heterocycles. The van der Waals surface area contributed by atoms with Crippen molar-refractivity contribution < 1.29 is 15.0 Å². The Morgan fingerprint density at radius 1 is 1.18 bits per heavy atom. The zero-order chi connectivity index (χ0) is 27.5. The maximum Gasteiger partial charge on any atom is 0.304 e. The Morgan fingerprint density at radius 2 is 1.92 bits per heavy atom. The van der Waals surface area contributed by atoms with Gasteiger partial charge < -0.3 is 10.2 Å². The predicted octanol–water partition coefficient (Wildman–Crippen LogP) is 8.73. The van der Waals surface area contributed by atoms with Gasteiger partial charge in [0, 0.05) is 10.00 Å². The molecule has 1 aromatic heterocycles. The van der Waals surface area contributed by atoms with E-state index in [0.29, 0.717) is 0 Å². The molecule has 3 aromatic rings. The van der Waals surface area contributed by atoms with E-state index in [9.17, 15) is 15.0 Å². The van der Waals surface area contributed by atoms with Gasteiger partial charge in [-0.15, -0.1) is 23.1 Å². The Balaban J connectivity index is 1.58. The van der Waals surface area contributed by atoms with Crippen LogP contribution in [0.4, 0.5) is 0 Å². The van der Waals surface area contributed by atoms with Crippen molar-refractivity contribution in [1.29, 1.82) is 0 Å². The number of thioether (sulfide) groups is 1. The number of thiazole rings is 1. The largest absolute Gasteiger partial charge is 0.481 e. The van der Waals surface area contributed by atoms with Crippen molar-refractivity contribution in [3.05, 3.63) is 85.8 Å². The molecule has 202 valence electrons. The van der Waals surface area contributed by atoms with Gasteiger partial charge in [0.05, 0.1) is 17.7 Å². The molecule has 0 radical (unpaired) electrons. The van der Waals surface area contributed by atoms with Crippen LogP contribution in [0.25, 0.3) is 12.2 Å². The van der Waals surface area contributed by atoms with E-state index >= 15 is 0 Å². The molecule has 0 amide bonds. The molecule has 4 nitrogen and oxygen atoms in total. The molecule has 1 atom stereocenters. The van der Waals surface area contributed by atoms with E-state index in [4.69, 9.17) is 11.6 Å². The highest BCUT2D eigenvalue weighted by Gasteiger charge is 2.47. The van der Waals surface area contributed by atoms with E-state index in [0.717, 1.165) is 57.4 Å². The van der Waals surface area contributed by atoms with Crippen LogP contribution in [0.15, 0.2) is 48.5 Å². The van der Waals surface area contributed by atoms with Crippen molar-refractivity contribution in [2.24, 2.45) is 0 Å². The summed E-state index contributed by atoms with van der Waals surface area (Å²) >= 11 is 9.68. The van der Waals surface area contributed by atoms with Crippen LogP contribution in [0, 0.1) is 0 Å². The molecule has 0 bridgehead atoms. The zero-order valence-corrected chi connectivity index (χ0v) is 24.8. The molecule has 1 aliphatic carbocycles. The molecule has 4 rings (SSSR count). The first-order valence-electron chi connectivity index (χ1n) is 13.1. The molecule has 1 fully saturated rings. The summed E-state index contributed by atoms with van der Waals surface area (Å²) in [6, 6.07) is 16.5. The number of aliphatic hydroxyl groups is 1. The fraction of sp³-hybridized carbons (Fsp3) is 0.419. The smallest absolute Gasteiger partial charge is 0.304 e. The van der Waals surface area contributed by atoms with Crippen molar-refractivity contribution >= 4 is 52.8 Å². The van der Waals surface area contributed by atoms with Gasteiger partial charge in [0.15, 0.2) is 0 Å². The zero-order valence-electron chi connectivity index (χ0n) is 22.4. The van der Waals surface area contributed by atoms with Crippen molar-refractivity contribution in [3.8, 4) is 0 Å². The third kappa shape index (κ3) is 7.50. The number of nitrogens with zero attached hydrogens (tertiary/aromatic N) is 1. The number of hydrogen-bond donors (Lipinski definition) is 2. The second-order valence-corrected chi connectivity index (χ2v) is 14.3. The molecule has 1 aliphatic rings. The highest BCUT2D eigenvalue weighted by Crippen LogP contribution is 2.57. The lowest BCUT2D eigenvalue weighted by Crippen LogP contribution is -2.18. The normalized spacial score (nSPS) is 15.8. The van der Waals surface area contributed by atoms with E-state index in [1.165, 1.54) is 16.9 Å². The van der Waals surface area contributed by atoms with Crippen molar-refractivity contribution in [2.45, 2.75) is 81.3 Å². The fourth-order valence-corrected chi connectivity index (χ4v) is 7.77. The number of carboxylic acid groups (broad SMARTS) is 1. The second-order valence-electron chi connectivity index (χ2n) is 11.0. The summed E-state index contributed by atoms with van der Waals surface area (Å²) < 4.78 is 0.549. The number of carbonyl (C=O) groups is 1. The minimum Gasteiger partial charge on any atom is -0.481 e. The Kier molecular flexibility index (Phi) is 9.08. The molecule has 0 aliphatic heterocycles. The quantitative estimate of drug-likeness (QED) is 0.228. The van der Waals surface area contributed by atoms with E-state index < -0.39 is 11.6 Å². The Labute approximate surface area is 239 Å². The van der Waals surface area contributed by atoms with Gasteiger partial charge in [-0.3, -0.25) is 4.79 Å². The number of hydrogen-bond acceptors (Lipinski definition) is 5. The standard InChI is InChI=1S/C31H36ClNO3S2/c1-20(2)28-29(32)37-26(33-28)15-12-21-8-7-10-23(18-21)25(38-31(16-17-31)19-27(34)35)14-13-22-9-5-6-11-24(22)30(3,4)36/h5-12,15,18,20,25,36H,13-14,16-17,19H2,1-4H3,(H,34,35)/b15-12+. The highest BCUT2D eigenvalue weighted by atomic mass is 35.5. The lowest BCUT2D eigenvalue weighted by atomic mass is 9.90. The maximum absolute atomic E-state index is 11.6. The van der Waals surface area contributed by atoms with Gasteiger partial charge in [-0.2, -0.15) is 0 Å². The van der Waals surface area contributed by atoms with Crippen LogP contribution < -0.4 is 0 Å². The molecular weight excluding hydrogens is 534 g/mol. The summed E-state index contributed by atoms with van der Waals surface area (Å²) in [6.45, 7) is 7.82. The average molecular weight is 570 g/mol. The van der Waals surface area contributed by atoms with Gasteiger partial charge in [0.25, 0.3) is 0 Å². The topological polar surface area (TPSA) is 70.4 Å². The van der Waals surface area contributed by atoms with E-state index in [1.807, 2.05) is 49.9 Å². The molecule has 1 saturated carbocycles. The van der Waals surface area contributed by atoms with E-state index in [2.05, 4.69) is 55.2 Å². The van der Waals surface area contributed by atoms with Crippen LogP contribution >= 0.6 is 34.7 Å². The summed E-state index contributed by atoms with van der Waals surface area (Å²) in [6.07, 6.45) is 7.79. The molecule has 0 spiro atoms. The van der Waals surface area contributed by atoms with Gasteiger partial charge in [-0.25, -0.2) is 4.98 Å². The van der Waals surface area contributed by atoms with Gasteiger partial charge in [0.1, 0.15) is 9.34 Å². The summed E-state index contributed by atoms with van der Waals surface area (Å²) in [4.78, 5) is 16.3. The molecular formula is C31H36ClNO3S2. The lowest BCUT2D eigenvalue weighted by Gasteiger charge is -2.25. The lowest BCUT2D eigenvalue weighted by molar-refractivity contribution is -0.137.